The molecule has 1 N–H and O–H groups in total. The number of amides is 1. The van der Waals surface area contributed by atoms with E-state index in [1.165, 1.54) is 32.6 Å². The molecule has 1 aromatic rings. The molecule has 0 unspecified atom stereocenters. The Morgan fingerprint density at radius 2 is 1.84 bits per heavy atom. The molecule has 1 amide bonds. The van der Waals surface area contributed by atoms with E-state index in [4.69, 9.17) is 0 Å². The van der Waals surface area contributed by atoms with Crippen molar-refractivity contribution in [1.82, 2.24) is 9.21 Å². The molecule has 25 heavy (non-hydrogen) atoms. The maximum atomic E-state index is 12.6. The molecule has 2 rings (SSSR count). The molecule has 1 fully saturated rings. The van der Waals surface area contributed by atoms with E-state index in [2.05, 4.69) is 24.1 Å². The molecule has 7 heteroatoms. The number of nitrogens with zero attached hydrogens (tertiary/aromatic N) is 2. The molecule has 1 saturated heterocycles. The summed E-state index contributed by atoms with van der Waals surface area (Å²) in [5.41, 5.74) is 0.498. The summed E-state index contributed by atoms with van der Waals surface area (Å²) in [6.07, 6.45) is 1.19. The number of benzene rings is 1. The monoisotopic (exact) mass is 367 g/mol. The van der Waals surface area contributed by atoms with Crippen LogP contribution in [-0.2, 0) is 14.8 Å². The van der Waals surface area contributed by atoms with E-state index in [9.17, 15) is 13.2 Å². The molecular formula is C18H29N3O3S. The highest BCUT2D eigenvalue weighted by molar-refractivity contribution is 7.89. The van der Waals surface area contributed by atoms with Crippen LogP contribution in [-0.4, -0.2) is 56.8 Å². The van der Waals surface area contributed by atoms with Gasteiger partial charge in [-0.05, 0) is 43.4 Å². The van der Waals surface area contributed by atoms with Gasteiger partial charge in [-0.1, -0.05) is 19.9 Å². The van der Waals surface area contributed by atoms with E-state index in [1.807, 2.05) is 6.92 Å². The minimum absolute atomic E-state index is 0.110. The number of hydrogen-bond donors (Lipinski definition) is 1. The van der Waals surface area contributed by atoms with Crippen LogP contribution in [0.3, 0.4) is 0 Å². The lowest BCUT2D eigenvalue weighted by Crippen LogP contribution is -2.48. The van der Waals surface area contributed by atoms with Gasteiger partial charge in [-0.25, -0.2) is 12.7 Å². The van der Waals surface area contributed by atoms with E-state index >= 15 is 0 Å². The fourth-order valence-electron chi connectivity index (χ4n) is 3.39. The first-order chi connectivity index (χ1) is 11.6. The zero-order valence-corrected chi connectivity index (χ0v) is 16.5. The average molecular weight is 368 g/mol. The van der Waals surface area contributed by atoms with Gasteiger partial charge < -0.3 is 5.32 Å². The van der Waals surface area contributed by atoms with Crippen molar-refractivity contribution >= 4 is 21.6 Å². The number of rotatable bonds is 5. The standard InChI is InChI=1S/C18H29N3O3S/c1-13-9-14(2)12-21(11-13)15(3)18(22)19-16-7-6-8-17(10-16)25(23,24)20(4)5/h6-8,10,13-15H,9,11-12H2,1-5H3,(H,19,22)/t13-,14-,15+/m1/s1. The number of likely N-dealkylation sites (tertiary alicyclic amines) is 1. The summed E-state index contributed by atoms with van der Waals surface area (Å²) in [6.45, 7) is 8.15. The van der Waals surface area contributed by atoms with Crippen LogP contribution in [0, 0.1) is 11.8 Å². The first-order valence-corrected chi connectivity index (χ1v) is 10.1. The van der Waals surface area contributed by atoms with Gasteiger partial charge in [0.05, 0.1) is 10.9 Å². The van der Waals surface area contributed by atoms with Gasteiger partial charge in [0.1, 0.15) is 0 Å². The van der Waals surface area contributed by atoms with Crippen molar-refractivity contribution in [2.75, 3.05) is 32.5 Å². The highest BCUT2D eigenvalue weighted by atomic mass is 32.2. The fourth-order valence-corrected chi connectivity index (χ4v) is 4.33. The van der Waals surface area contributed by atoms with Crippen LogP contribution >= 0.6 is 0 Å². The van der Waals surface area contributed by atoms with Gasteiger partial charge in [-0.2, -0.15) is 0 Å². The minimum Gasteiger partial charge on any atom is -0.325 e. The summed E-state index contributed by atoms with van der Waals surface area (Å²) in [5.74, 6) is 1.04. The molecule has 0 aliphatic carbocycles. The van der Waals surface area contributed by atoms with Crippen molar-refractivity contribution in [3.05, 3.63) is 24.3 Å². The third-order valence-electron chi connectivity index (χ3n) is 4.70. The largest absolute Gasteiger partial charge is 0.325 e. The van der Waals surface area contributed by atoms with Gasteiger partial charge in [0.25, 0.3) is 0 Å². The van der Waals surface area contributed by atoms with Gasteiger partial charge in [-0.3, -0.25) is 9.69 Å². The molecule has 0 spiro atoms. The SMILES string of the molecule is C[C@@H]1C[C@@H](C)CN([C@@H](C)C(=O)Nc2cccc(S(=O)(=O)N(C)C)c2)C1. The van der Waals surface area contributed by atoms with Crippen molar-refractivity contribution in [2.24, 2.45) is 11.8 Å². The van der Waals surface area contributed by atoms with Crippen LogP contribution in [0.2, 0.25) is 0 Å². The van der Waals surface area contributed by atoms with Gasteiger partial charge in [-0.15, -0.1) is 0 Å². The molecule has 0 saturated carbocycles. The molecular weight excluding hydrogens is 338 g/mol. The van der Waals surface area contributed by atoms with Gasteiger partial charge >= 0.3 is 0 Å². The third kappa shape index (κ3) is 4.80. The quantitative estimate of drug-likeness (QED) is 0.866. The van der Waals surface area contributed by atoms with E-state index in [-0.39, 0.29) is 16.8 Å². The van der Waals surface area contributed by atoms with Crippen molar-refractivity contribution in [3.63, 3.8) is 0 Å². The van der Waals surface area contributed by atoms with E-state index < -0.39 is 10.0 Å². The summed E-state index contributed by atoms with van der Waals surface area (Å²) >= 11 is 0. The summed E-state index contributed by atoms with van der Waals surface area (Å²) in [6, 6.07) is 6.13. The number of anilines is 1. The van der Waals surface area contributed by atoms with Crippen molar-refractivity contribution in [2.45, 2.75) is 38.1 Å². The molecule has 6 nitrogen and oxygen atoms in total. The van der Waals surface area contributed by atoms with Gasteiger partial charge in [0, 0.05) is 32.9 Å². The van der Waals surface area contributed by atoms with Crippen LogP contribution < -0.4 is 5.32 Å². The predicted octanol–water partition coefficient (Wildman–Crippen LogP) is 2.24. The molecule has 1 aliphatic rings. The van der Waals surface area contributed by atoms with Crippen LogP contribution in [0.25, 0.3) is 0 Å². The zero-order chi connectivity index (χ0) is 18.8. The second-order valence-electron chi connectivity index (χ2n) is 7.38. The topological polar surface area (TPSA) is 69.7 Å². The summed E-state index contributed by atoms with van der Waals surface area (Å²) in [4.78, 5) is 15.0. The van der Waals surface area contributed by atoms with Crippen LogP contribution in [0.1, 0.15) is 27.2 Å². The summed E-state index contributed by atoms with van der Waals surface area (Å²) in [5, 5.41) is 2.86. The highest BCUT2D eigenvalue weighted by Gasteiger charge is 2.29. The molecule has 140 valence electrons. The molecule has 0 bridgehead atoms. The maximum Gasteiger partial charge on any atom is 0.242 e. The number of sulfonamides is 1. The molecule has 1 aromatic carbocycles. The summed E-state index contributed by atoms with van der Waals surface area (Å²) in [7, 11) is -0.544. The second kappa shape index (κ2) is 7.85. The molecule has 1 aliphatic heterocycles. The first kappa shape index (κ1) is 19.9. The smallest absolute Gasteiger partial charge is 0.242 e. The highest BCUT2D eigenvalue weighted by Crippen LogP contribution is 2.23. The molecule has 0 aromatic heterocycles. The lowest BCUT2D eigenvalue weighted by atomic mass is 9.91. The first-order valence-electron chi connectivity index (χ1n) is 8.68. The van der Waals surface area contributed by atoms with Crippen molar-refractivity contribution in [3.8, 4) is 0 Å². The fraction of sp³-hybridized carbons (Fsp3) is 0.611. The zero-order valence-electron chi connectivity index (χ0n) is 15.7. The number of carbonyl (C=O) groups excluding carboxylic acids is 1. The predicted molar refractivity (Wildman–Crippen MR) is 99.9 cm³/mol. The van der Waals surface area contributed by atoms with Crippen LogP contribution in [0.5, 0.6) is 0 Å². The molecule has 0 radical (unpaired) electrons. The number of hydrogen-bond acceptors (Lipinski definition) is 4. The lowest BCUT2D eigenvalue weighted by molar-refractivity contribution is -0.121. The second-order valence-corrected chi connectivity index (χ2v) is 9.53. The Hall–Kier alpha value is -1.44. The Kier molecular flexibility index (Phi) is 6.24. The molecule has 1 heterocycles. The van der Waals surface area contributed by atoms with Crippen molar-refractivity contribution < 1.29 is 13.2 Å². The Morgan fingerprint density at radius 1 is 1.24 bits per heavy atom. The van der Waals surface area contributed by atoms with E-state index in [1.54, 1.807) is 12.1 Å². The van der Waals surface area contributed by atoms with Crippen LogP contribution in [0.4, 0.5) is 5.69 Å². The average Bonchev–Trinajstić information content (AvgIpc) is 2.53. The Bertz CT molecular complexity index is 708. The Labute approximate surface area is 151 Å². The molecule has 3 atom stereocenters. The number of nitrogens with one attached hydrogen (secondary N) is 1. The van der Waals surface area contributed by atoms with Crippen molar-refractivity contribution in [1.29, 1.82) is 0 Å². The number of carbonyl (C=O) groups is 1. The maximum absolute atomic E-state index is 12.6. The van der Waals surface area contributed by atoms with Gasteiger partial charge in [0.15, 0.2) is 0 Å². The summed E-state index contributed by atoms with van der Waals surface area (Å²) < 4.78 is 25.6. The van der Waals surface area contributed by atoms with E-state index in [0.29, 0.717) is 17.5 Å². The third-order valence-corrected chi connectivity index (χ3v) is 6.52. The van der Waals surface area contributed by atoms with Gasteiger partial charge in [0.2, 0.25) is 15.9 Å². The normalized spacial score (nSPS) is 23.4. The van der Waals surface area contributed by atoms with E-state index in [0.717, 1.165) is 17.4 Å². The Balaban J connectivity index is 2.10. The van der Waals surface area contributed by atoms with Crippen LogP contribution in [0.15, 0.2) is 29.2 Å². The minimum atomic E-state index is -3.52. The number of piperidine rings is 1. The lowest BCUT2D eigenvalue weighted by Gasteiger charge is -2.38. The Morgan fingerprint density at radius 3 is 2.40 bits per heavy atom.